The molecule has 1 atom stereocenters. The summed E-state index contributed by atoms with van der Waals surface area (Å²) < 4.78 is 0. The van der Waals surface area contributed by atoms with Gasteiger partial charge in [-0.2, -0.15) is 0 Å². The van der Waals surface area contributed by atoms with Crippen LogP contribution >= 0.6 is 12.4 Å². The molecule has 2 rings (SSSR count). The molecule has 0 aliphatic carbocycles. The third-order valence-electron chi connectivity index (χ3n) is 4.10. The zero-order valence-corrected chi connectivity index (χ0v) is 14.5. The Morgan fingerprint density at radius 1 is 1.12 bits per heavy atom. The van der Waals surface area contributed by atoms with Crippen molar-refractivity contribution in [3.05, 3.63) is 75.8 Å². The normalized spacial score (nSPS) is 12.9. The Hall–Kier alpha value is -1.95. The number of non-ortho nitro benzene ring substituents is 1. The van der Waals surface area contributed by atoms with E-state index < -0.39 is 0 Å². The Balaban J connectivity index is 0.00000288. The molecule has 0 saturated heterocycles. The molecule has 2 N–H and O–H groups in total. The van der Waals surface area contributed by atoms with Gasteiger partial charge in [-0.15, -0.1) is 12.4 Å². The van der Waals surface area contributed by atoms with Crippen molar-refractivity contribution < 1.29 is 10.0 Å². The topological polar surface area (TPSA) is 75.4 Å². The average Bonchev–Trinajstić information content (AvgIpc) is 2.59. The smallest absolute Gasteiger partial charge is 0.269 e. The highest BCUT2D eigenvalue weighted by Gasteiger charge is 2.25. The van der Waals surface area contributed by atoms with Crippen LogP contribution in [0.4, 0.5) is 5.69 Å². The summed E-state index contributed by atoms with van der Waals surface area (Å²) in [6, 6.07) is 16.8. The minimum Gasteiger partial charge on any atom is -0.395 e. The molecule has 6 heteroatoms. The SMILES string of the molecule is CC(CCc1ccc([N+](=O)[O-])cc1)(NCCO)c1ccccc1.Cl. The molecule has 0 fully saturated rings. The molecular formula is C18H23ClN2O3. The summed E-state index contributed by atoms with van der Waals surface area (Å²) in [4.78, 5) is 10.3. The van der Waals surface area contributed by atoms with Crippen LogP contribution in [0.3, 0.4) is 0 Å². The molecule has 0 bridgehead atoms. The van der Waals surface area contributed by atoms with E-state index in [-0.39, 0.29) is 35.2 Å². The van der Waals surface area contributed by atoms with Crippen LogP contribution in [-0.2, 0) is 12.0 Å². The van der Waals surface area contributed by atoms with Crippen LogP contribution in [0.15, 0.2) is 54.6 Å². The largest absolute Gasteiger partial charge is 0.395 e. The van der Waals surface area contributed by atoms with Crippen molar-refractivity contribution in [3.8, 4) is 0 Å². The molecule has 0 aromatic heterocycles. The number of nitrogens with one attached hydrogen (secondary N) is 1. The molecule has 0 spiro atoms. The molecule has 0 radical (unpaired) electrons. The molecule has 1 unspecified atom stereocenters. The van der Waals surface area contributed by atoms with Gasteiger partial charge < -0.3 is 10.4 Å². The van der Waals surface area contributed by atoms with Gasteiger partial charge in [0.1, 0.15) is 0 Å². The van der Waals surface area contributed by atoms with Gasteiger partial charge in [0.25, 0.3) is 5.69 Å². The van der Waals surface area contributed by atoms with Gasteiger partial charge in [0.05, 0.1) is 11.5 Å². The zero-order chi connectivity index (χ0) is 16.7. The Bertz CT molecular complexity index is 634. The number of aryl methyl sites for hydroxylation is 1. The number of hydrogen-bond donors (Lipinski definition) is 2. The summed E-state index contributed by atoms with van der Waals surface area (Å²) in [5.74, 6) is 0. The maximum absolute atomic E-state index is 10.7. The van der Waals surface area contributed by atoms with Crippen LogP contribution in [0, 0.1) is 10.1 Å². The Morgan fingerprint density at radius 3 is 2.29 bits per heavy atom. The third kappa shape index (κ3) is 5.30. The van der Waals surface area contributed by atoms with E-state index in [1.54, 1.807) is 12.1 Å². The van der Waals surface area contributed by atoms with E-state index in [1.165, 1.54) is 12.1 Å². The summed E-state index contributed by atoms with van der Waals surface area (Å²) >= 11 is 0. The summed E-state index contributed by atoms with van der Waals surface area (Å²) in [5, 5.41) is 23.2. The molecular weight excluding hydrogens is 328 g/mol. The van der Waals surface area contributed by atoms with E-state index in [2.05, 4.69) is 24.4 Å². The second-order valence-corrected chi connectivity index (χ2v) is 5.77. The number of halogens is 1. The predicted molar refractivity (Wildman–Crippen MR) is 97.5 cm³/mol. The van der Waals surface area contributed by atoms with Crippen molar-refractivity contribution in [1.29, 1.82) is 0 Å². The number of rotatable bonds is 8. The van der Waals surface area contributed by atoms with E-state index in [4.69, 9.17) is 5.11 Å². The van der Waals surface area contributed by atoms with Crippen molar-refractivity contribution in [1.82, 2.24) is 5.32 Å². The van der Waals surface area contributed by atoms with Gasteiger partial charge in [0.2, 0.25) is 0 Å². The Morgan fingerprint density at radius 2 is 1.75 bits per heavy atom. The van der Waals surface area contributed by atoms with Crippen LogP contribution in [0.2, 0.25) is 0 Å². The van der Waals surface area contributed by atoms with Gasteiger partial charge in [-0.3, -0.25) is 10.1 Å². The van der Waals surface area contributed by atoms with E-state index in [0.29, 0.717) is 6.54 Å². The fourth-order valence-electron chi connectivity index (χ4n) is 2.65. The van der Waals surface area contributed by atoms with Crippen molar-refractivity contribution >= 4 is 18.1 Å². The first-order chi connectivity index (χ1) is 11.0. The first kappa shape index (κ1) is 20.1. The minimum absolute atomic E-state index is 0. The van der Waals surface area contributed by atoms with E-state index in [1.807, 2.05) is 18.2 Å². The first-order valence-corrected chi connectivity index (χ1v) is 7.70. The number of nitrogens with zero attached hydrogens (tertiary/aromatic N) is 1. The average molecular weight is 351 g/mol. The summed E-state index contributed by atoms with van der Waals surface area (Å²) in [5.41, 5.74) is 2.07. The third-order valence-corrected chi connectivity index (χ3v) is 4.10. The number of nitro groups is 1. The quantitative estimate of drug-likeness (QED) is 0.565. The van der Waals surface area contributed by atoms with Crippen molar-refractivity contribution in [3.63, 3.8) is 0 Å². The highest BCUT2D eigenvalue weighted by atomic mass is 35.5. The zero-order valence-electron chi connectivity index (χ0n) is 13.6. The van der Waals surface area contributed by atoms with Crippen molar-refractivity contribution in [2.24, 2.45) is 0 Å². The number of benzene rings is 2. The summed E-state index contributed by atoms with van der Waals surface area (Å²) in [6.45, 7) is 2.72. The van der Waals surface area contributed by atoms with Crippen LogP contribution in [0.25, 0.3) is 0 Å². The first-order valence-electron chi connectivity index (χ1n) is 7.70. The number of aliphatic hydroxyl groups excluding tert-OH is 1. The van der Waals surface area contributed by atoms with Gasteiger partial charge in [0.15, 0.2) is 0 Å². The van der Waals surface area contributed by atoms with Gasteiger partial charge >= 0.3 is 0 Å². The van der Waals surface area contributed by atoms with Gasteiger partial charge in [-0.1, -0.05) is 42.5 Å². The molecule has 24 heavy (non-hydrogen) atoms. The summed E-state index contributed by atoms with van der Waals surface area (Å²) in [7, 11) is 0. The summed E-state index contributed by atoms with van der Waals surface area (Å²) in [6.07, 6.45) is 1.62. The van der Waals surface area contributed by atoms with E-state index in [9.17, 15) is 10.1 Å². The fourth-order valence-corrected chi connectivity index (χ4v) is 2.65. The van der Waals surface area contributed by atoms with Gasteiger partial charge in [-0.05, 0) is 30.9 Å². The van der Waals surface area contributed by atoms with Crippen LogP contribution in [0.5, 0.6) is 0 Å². The highest BCUT2D eigenvalue weighted by molar-refractivity contribution is 5.85. The molecule has 0 aliphatic rings. The molecule has 0 aliphatic heterocycles. The van der Waals surface area contributed by atoms with Crippen LogP contribution in [-0.4, -0.2) is 23.2 Å². The monoisotopic (exact) mass is 350 g/mol. The van der Waals surface area contributed by atoms with Gasteiger partial charge in [0, 0.05) is 24.2 Å². The van der Waals surface area contributed by atoms with E-state index in [0.717, 1.165) is 24.0 Å². The number of hydrogen-bond acceptors (Lipinski definition) is 4. The second-order valence-electron chi connectivity index (χ2n) is 5.77. The van der Waals surface area contributed by atoms with Gasteiger partial charge in [-0.25, -0.2) is 0 Å². The minimum atomic E-state index is -0.388. The van der Waals surface area contributed by atoms with Crippen molar-refractivity contribution in [2.45, 2.75) is 25.3 Å². The molecule has 5 nitrogen and oxygen atoms in total. The lowest BCUT2D eigenvalue weighted by Gasteiger charge is -2.32. The fraction of sp³-hybridized carbons (Fsp3) is 0.333. The lowest BCUT2D eigenvalue weighted by atomic mass is 9.86. The lowest BCUT2D eigenvalue weighted by molar-refractivity contribution is -0.384. The molecule has 0 amide bonds. The highest BCUT2D eigenvalue weighted by Crippen LogP contribution is 2.26. The molecule has 0 saturated carbocycles. The number of nitro benzene ring substituents is 1. The molecule has 2 aromatic carbocycles. The molecule has 130 valence electrons. The Labute approximate surface area is 148 Å². The number of aliphatic hydroxyl groups is 1. The maximum atomic E-state index is 10.7. The van der Waals surface area contributed by atoms with Crippen LogP contribution in [0.1, 0.15) is 24.5 Å². The lowest BCUT2D eigenvalue weighted by Crippen LogP contribution is -2.41. The standard InChI is InChI=1S/C18H22N2O3.ClH/c1-18(19-13-14-21,16-5-3-2-4-6-16)12-11-15-7-9-17(10-8-15)20(22)23;/h2-10,19,21H,11-14H2,1H3;1H. The molecule has 2 aromatic rings. The van der Waals surface area contributed by atoms with Crippen molar-refractivity contribution in [2.75, 3.05) is 13.2 Å². The van der Waals surface area contributed by atoms with E-state index >= 15 is 0 Å². The van der Waals surface area contributed by atoms with Crippen LogP contribution < -0.4 is 5.32 Å². The predicted octanol–water partition coefficient (Wildman–Crippen LogP) is 3.45. The Kier molecular flexibility index (Phi) is 7.85. The second kappa shape index (κ2) is 9.37. The maximum Gasteiger partial charge on any atom is 0.269 e. The molecule has 0 heterocycles.